The molecule has 1 aromatic heterocycles. The molecule has 0 saturated heterocycles. The summed E-state index contributed by atoms with van der Waals surface area (Å²) in [6, 6.07) is 3.49. The van der Waals surface area contributed by atoms with E-state index in [4.69, 9.17) is 5.41 Å². The highest BCUT2D eigenvalue weighted by Crippen LogP contribution is 2.32. The summed E-state index contributed by atoms with van der Waals surface area (Å²) >= 11 is 0. The standard InChI is InChI=1S/C16H16F2N4O/c1-9(23)11-8-20-16(10(7-19)15(11)22(2)3)21-14-12(17)5-4-6-13(14)18/h4-8,19,23H,1H2,2-3H3,(H,20,21). The Bertz CT molecular complexity index is 755. The van der Waals surface area contributed by atoms with Crippen LogP contribution >= 0.6 is 0 Å². The number of hydrogen-bond donors (Lipinski definition) is 3. The first-order chi connectivity index (χ1) is 10.9. The molecule has 0 aliphatic heterocycles. The molecule has 120 valence electrons. The van der Waals surface area contributed by atoms with Gasteiger partial charge in [-0.15, -0.1) is 0 Å². The van der Waals surface area contributed by atoms with E-state index in [1.165, 1.54) is 12.3 Å². The summed E-state index contributed by atoms with van der Waals surface area (Å²) in [5.74, 6) is -1.67. The average molecular weight is 318 g/mol. The quantitative estimate of drug-likeness (QED) is 0.581. The maximum absolute atomic E-state index is 13.8. The molecule has 0 aliphatic rings. The normalized spacial score (nSPS) is 10.3. The van der Waals surface area contributed by atoms with Gasteiger partial charge in [-0.2, -0.15) is 0 Å². The van der Waals surface area contributed by atoms with Crippen molar-refractivity contribution in [1.82, 2.24) is 4.98 Å². The highest BCUT2D eigenvalue weighted by atomic mass is 19.1. The molecule has 7 heteroatoms. The van der Waals surface area contributed by atoms with Crippen LogP contribution in [0.1, 0.15) is 11.1 Å². The molecule has 0 atom stereocenters. The fraction of sp³-hybridized carbons (Fsp3) is 0.125. The predicted molar refractivity (Wildman–Crippen MR) is 87.8 cm³/mol. The van der Waals surface area contributed by atoms with Crippen molar-refractivity contribution >= 4 is 29.2 Å². The Hall–Kier alpha value is -2.96. The van der Waals surface area contributed by atoms with Gasteiger partial charge in [-0.1, -0.05) is 12.6 Å². The number of nitrogens with one attached hydrogen (secondary N) is 2. The molecule has 1 heterocycles. The van der Waals surface area contributed by atoms with E-state index in [2.05, 4.69) is 16.9 Å². The summed E-state index contributed by atoms with van der Waals surface area (Å²) in [7, 11) is 3.42. The topological polar surface area (TPSA) is 72.2 Å². The van der Waals surface area contributed by atoms with Gasteiger partial charge in [-0.25, -0.2) is 13.8 Å². The maximum atomic E-state index is 13.8. The predicted octanol–water partition coefficient (Wildman–Crippen LogP) is 3.70. The summed E-state index contributed by atoms with van der Waals surface area (Å²) in [5.41, 5.74) is 0.698. The first-order valence-electron chi connectivity index (χ1n) is 6.67. The van der Waals surface area contributed by atoms with Crippen LogP contribution in [-0.4, -0.2) is 30.4 Å². The van der Waals surface area contributed by atoms with Gasteiger partial charge in [-0.05, 0) is 12.1 Å². The minimum Gasteiger partial charge on any atom is -0.508 e. The van der Waals surface area contributed by atoms with Crippen molar-refractivity contribution in [3.8, 4) is 0 Å². The zero-order chi connectivity index (χ0) is 17.1. The molecule has 2 rings (SSSR count). The number of rotatable bonds is 5. The lowest BCUT2D eigenvalue weighted by Crippen LogP contribution is -2.16. The molecule has 0 amide bonds. The number of nitrogens with zero attached hydrogens (tertiary/aromatic N) is 2. The first kappa shape index (κ1) is 16.4. The Balaban J connectivity index is 2.62. The Morgan fingerprint density at radius 1 is 1.35 bits per heavy atom. The van der Waals surface area contributed by atoms with Crippen LogP contribution in [0.4, 0.5) is 26.0 Å². The van der Waals surface area contributed by atoms with Gasteiger partial charge in [0, 0.05) is 26.5 Å². The summed E-state index contributed by atoms with van der Waals surface area (Å²) in [4.78, 5) is 5.70. The third-order valence-corrected chi connectivity index (χ3v) is 3.20. The second-order valence-corrected chi connectivity index (χ2v) is 4.99. The molecule has 0 fully saturated rings. The average Bonchev–Trinajstić information content (AvgIpc) is 2.49. The summed E-state index contributed by atoms with van der Waals surface area (Å²) in [6.45, 7) is 3.46. The molecule has 2 aromatic rings. The van der Waals surface area contributed by atoms with Gasteiger partial charge in [0.05, 0.1) is 16.8 Å². The first-order valence-corrected chi connectivity index (χ1v) is 6.67. The molecule has 0 saturated carbocycles. The Labute approximate surface area is 132 Å². The van der Waals surface area contributed by atoms with Crippen LogP contribution in [0.15, 0.2) is 31.0 Å². The van der Waals surface area contributed by atoms with Crippen LogP contribution in [0.3, 0.4) is 0 Å². The van der Waals surface area contributed by atoms with Gasteiger partial charge in [0.15, 0.2) is 0 Å². The Morgan fingerprint density at radius 3 is 2.43 bits per heavy atom. The largest absolute Gasteiger partial charge is 0.508 e. The van der Waals surface area contributed by atoms with Crippen LogP contribution in [0.5, 0.6) is 0 Å². The fourth-order valence-corrected chi connectivity index (χ4v) is 2.18. The van der Waals surface area contributed by atoms with Gasteiger partial charge in [-0.3, -0.25) is 0 Å². The van der Waals surface area contributed by atoms with E-state index < -0.39 is 11.6 Å². The van der Waals surface area contributed by atoms with Crippen LogP contribution in [0.25, 0.3) is 5.76 Å². The van der Waals surface area contributed by atoms with E-state index in [9.17, 15) is 13.9 Å². The summed E-state index contributed by atoms with van der Waals surface area (Å²) < 4.78 is 27.6. The molecule has 0 unspecified atom stereocenters. The van der Waals surface area contributed by atoms with Crippen molar-refractivity contribution in [2.24, 2.45) is 0 Å². The zero-order valence-electron chi connectivity index (χ0n) is 12.7. The molecular formula is C16H16F2N4O. The lowest BCUT2D eigenvalue weighted by atomic mass is 10.1. The summed E-state index contributed by atoms with van der Waals surface area (Å²) in [6.07, 6.45) is 2.32. The van der Waals surface area contributed by atoms with Crippen LogP contribution < -0.4 is 10.2 Å². The van der Waals surface area contributed by atoms with E-state index in [-0.39, 0.29) is 22.8 Å². The van der Waals surface area contributed by atoms with Crippen LogP contribution in [-0.2, 0) is 0 Å². The van der Waals surface area contributed by atoms with Gasteiger partial charge >= 0.3 is 0 Å². The van der Waals surface area contributed by atoms with Crippen LogP contribution in [0, 0.1) is 17.0 Å². The minimum absolute atomic E-state index is 0.0951. The molecule has 3 N–H and O–H groups in total. The van der Waals surface area contributed by atoms with Crippen molar-refractivity contribution in [1.29, 1.82) is 5.41 Å². The monoisotopic (exact) mass is 318 g/mol. The van der Waals surface area contributed by atoms with E-state index in [0.717, 1.165) is 18.3 Å². The molecule has 0 radical (unpaired) electrons. The second-order valence-electron chi connectivity index (χ2n) is 4.99. The maximum Gasteiger partial charge on any atom is 0.149 e. The zero-order valence-corrected chi connectivity index (χ0v) is 12.7. The van der Waals surface area contributed by atoms with E-state index in [1.54, 1.807) is 19.0 Å². The molecular weight excluding hydrogens is 302 g/mol. The van der Waals surface area contributed by atoms with Crippen LogP contribution in [0.2, 0.25) is 0 Å². The molecule has 0 spiro atoms. The molecule has 23 heavy (non-hydrogen) atoms. The summed E-state index contributed by atoms with van der Waals surface area (Å²) in [5, 5.41) is 19.8. The van der Waals surface area contributed by atoms with Crippen molar-refractivity contribution in [2.75, 3.05) is 24.3 Å². The smallest absolute Gasteiger partial charge is 0.149 e. The number of aliphatic hydroxyl groups excluding tert-OH is 1. The van der Waals surface area contributed by atoms with Gasteiger partial charge < -0.3 is 20.7 Å². The Morgan fingerprint density at radius 2 is 1.96 bits per heavy atom. The van der Waals surface area contributed by atoms with E-state index in [1.807, 2.05) is 0 Å². The third kappa shape index (κ3) is 3.13. The minimum atomic E-state index is -0.773. The number of para-hydroxylation sites is 1. The van der Waals surface area contributed by atoms with Crippen molar-refractivity contribution in [2.45, 2.75) is 0 Å². The number of halogens is 2. The number of pyridine rings is 1. The SMILES string of the molecule is C=C(O)c1cnc(Nc2c(F)cccc2F)c(C=N)c1N(C)C. The fourth-order valence-electron chi connectivity index (χ4n) is 2.18. The van der Waals surface area contributed by atoms with Crippen molar-refractivity contribution < 1.29 is 13.9 Å². The van der Waals surface area contributed by atoms with Crippen molar-refractivity contribution in [3.63, 3.8) is 0 Å². The van der Waals surface area contributed by atoms with Gasteiger partial charge in [0.1, 0.15) is 28.9 Å². The van der Waals surface area contributed by atoms with Gasteiger partial charge in [0.2, 0.25) is 0 Å². The number of hydrogen-bond acceptors (Lipinski definition) is 5. The molecule has 5 nitrogen and oxygen atoms in total. The Kier molecular flexibility index (Phi) is 4.59. The van der Waals surface area contributed by atoms with E-state index >= 15 is 0 Å². The highest BCUT2D eigenvalue weighted by molar-refractivity contribution is 5.96. The van der Waals surface area contributed by atoms with E-state index in [0.29, 0.717) is 11.3 Å². The number of anilines is 3. The second kappa shape index (κ2) is 6.43. The van der Waals surface area contributed by atoms with Gasteiger partial charge in [0.25, 0.3) is 0 Å². The lowest BCUT2D eigenvalue weighted by Gasteiger charge is -2.21. The third-order valence-electron chi connectivity index (χ3n) is 3.20. The molecule has 0 aliphatic carbocycles. The number of benzene rings is 1. The lowest BCUT2D eigenvalue weighted by molar-refractivity contribution is 0.513. The molecule has 0 bridgehead atoms. The number of aromatic nitrogens is 1. The highest BCUT2D eigenvalue weighted by Gasteiger charge is 2.18. The number of aliphatic hydroxyl groups is 1. The molecule has 1 aromatic carbocycles. The van der Waals surface area contributed by atoms with Crippen molar-refractivity contribution in [3.05, 3.63) is 53.7 Å².